The van der Waals surface area contributed by atoms with Crippen molar-refractivity contribution in [1.82, 2.24) is 10.2 Å². The van der Waals surface area contributed by atoms with Gasteiger partial charge in [0.1, 0.15) is 11.5 Å². The molecule has 11 heteroatoms. The Morgan fingerprint density at radius 1 is 1.19 bits per heavy atom. The van der Waals surface area contributed by atoms with Crippen LogP contribution >= 0.6 is 23.1 Å². The monoisotopic (exact) mass is 473 g/mol. The average molecular weight is 474 g/mol. The largest absolute Gasteiger partial charge is 0.366 e. The number of amides is 1. The fourth-order valence-corrected chi connectivity index (χ4v) is 5.19. The Balaban J connectivity index is 1.43. The second-order valence-corrected chi connectivity index (χ2v) is 9.42. The minimum absolute atomic E-state index is 0.0852. The summed E-state index contributed by atoms with van der Waals surface area (Å²) in [4.78, 5) is 25.8. The fourth-order valence-electron chi connectivity index (χ4n) is 3.46. The lowest BCUT2D eigenvalue weighted by molar-refractivity contribution is -0.384. The van der Waals surface area contributed by atoms with Crippen molar-refractivity contribution in [3.05, 3.63) is 69.5 Å². The summed E-state index contributed by atoms with van der Waals surface area (Å²) in [7, 11) is 0. The molecule has 0 unspecified atom stereocenters. The molecule has 1 amide bonds. The zero-order valence-electron chi connectivity index (χ0n) is 17.0. The molecule has 1 aliphatic heterocycles. The Morgan fingerprint density at radius 3 is 2.72 bits per heavy atom. The highest BCUT2D eigenvalue weighted by atomic mass is 32.2. The molecule has 1 aliphatic rings. The maximum atomic E-state index is 13.7. The number of rotatable bonds is 7. The van der Waals surface area contributed by atoms with E-state index in [0.29, 0.717) is 21.3 Å². The number of benzene rings is 2. The zero-order valence-corrected chi connectivity index (χ0v) is 18.6. The summed E-state index contributed by atoms with van der Waals surface area (Å²) in [5, 5.41) is 22.5. The molecule has 0 aliphatic carbocycles. The summed E-state index contributed by atoms with van der Waals surface area (Å²) >= 11 is 2.48. The smallest absolute Gasteiger partial charge is 0.293 e. The van der Waals surface area contributed by atoms with E-state index >= 15 is 0 Å². The van der Waals surface area contributed by atoms with E-state index in [2.05, 4.69) is 15.5 Å². The average Bonchev–Trinajstić information content (AvgIpc) is 3.26. The van der Waals surface area contributed by atoms with Crippen molar-refractivity contribution >= 4 is 45.5 Å². The van der Waals surface area contributed by atoms with E-state index in [1.807, 2.05) is 4.90 Å². The molecule has 32 heavy (non-hydrogen) atoms. The van der Waals surface area contributed by atoms with E-state index in [1.165, 1.54) is 23.9 Å². The van der Waals surface area contributed by atoms with E-state index in [4.69, 9.17) is 0 Å². The first kappa shape index (κ1) is 22.2. The second kappa shape index (κ2) is 10.0. The number of piperidine rings is 1. The third-order valence-electron chi connectivity index (χ3n) is 5.07. The van der Waals surface area contributed by atoms with Gasteiger partial charge in [-0.15, -0.1) is 10.2 Å². The van der Waals surface area contributed by atoms with Gasteiger partial charge in [-0.3, -0.25) is 20.2 Å². The number of hydrogen-bond donors (Lipinski definition) is 1. The fraction of sp³-hybridized carbons (Fsp3) is 0.286. The van der Waals surface area contributed by atoms with E-state index < -0.39 is 10.8 Å². The van der Waals surface area contributed by atoms with Crippen molar-refractivity contribution in [3.8, 4) is 0 Å². The van der Waals surface area contributed by atoms with E-state index in [-0.39, 0.29) is 22.2 Å². The van der Waals surface area contributed by atoms with Gasteiger partial charge >= 0.3 is 0 Å². The van der Waals surface area contributed by atoms with Crippen LogP contribution in [0.25, 0.3) is 0 Å². The number of aromatic nitrogens is 2. The molecule has 2 aromatic carbocycles. The molecule has 0 bridgehead atoms. The number of nitro groups is 1. The Hall–Kier alpha value is -3.05. The third-order valence-corrected chi connectivity index (χ3v) is 7.09. The van der Waals surface area contributed by atoms with Gasteiger partial charge in [0.15, 0.2) is 4.34 Å². The summed E-state index contributed by atoms with van der Waals surface area (Å²) in [5.41, 5.74) is 1.18. The predicted octanol–water partition coefficient (Wildman–Crippen LogP) is 5.12. The highest BCUT2D eigenvalue weighted by molar-refractivity contribution is 8.00. The summed E-state index contributed by atoms with van der Waals surface area (Å²) in [6.07, 6.45) is 3.11. The summed E-state index contributed by atoms with van der Waals surface area (Å²) in [5.74, 6) is -0.396. The second-order valence-electron chi connectivity index (χ2n) is 7.22. The van der Waals surface area contributed by atoms with Crippen molar-refractivity contribution in [3.63, 3.8) is 0 Å². The van der Waals surface area contributed by atoms with Crippen LogP contribution in [0.3, 0.4) is 0 Å². The number of thioether (sulfide) groups is 1. The van der Waals surface area contributed by atoms with Crippen LogP contribution in [0.2, 0.25) is 0 Å². The summed E-state index contributed by atoms with van der Waals surface area (Å²) in [6.45, 7) is 1.54. The van der Waals surface area contributed by atoms with Crippen LogP contribution in [-0.2, 0) is 5.75 Å². The van der Waals surface area contributed by atoms with Crippen LogP contribution in [-0.4, -0.2) is 34.1 Å². The molecule has 0 spiro atoms. The highest BCUT2D eigenvalue weighted by Crippen LogP contribution is 2.32. The Morgan fingerprint density at radius 2 is 1.97 bits per heavy atom. The van der Waals surface area contributed by atoms with Crippen molar-refractivity contribution < 1.29 is 14.1 Å². The molecular formula is C21H20FN5O3S2. The van der Waals surface area contributed by atoms with Crippen molar-refractivity contribution in [2.24, 2.45) is 0 Å². The van der Waals surface area contributed by atoms with Crippen molar-refractivity contribution in [2.75, 3.05) is 23.3 Å². The van der Waals surface area contributed by atoms with Crippen LogP contribution < -0.4 is 10.2 Å². The number of carbonyl (C=O) groups is 1. The number of carbonyl (C=O) groups excluding carboxylic acids is 1. The molecule has 0 atom stereocenters. The molecule has 4 rings (SSSR count). The lowest BCUT2D eigenvalue weighted by atomic mass is 10.1. The maximum absolute atomic E-state index is 13.7. The van der Waals surface area contributed by atoms with Crippen LogP contribution in [0.5, 0.6) is 0 Å². The number of anilines is 2. The number of nitrogens with one attached hydrogen (secondary N) is 1. The first-order valence-electron chi connectivity index (χ1n) is 10.1. The van der Waals surface area contributed by atoms with Crippen LogP contribution in [0.1, 0.15) is 35.2 Å². The molecule has 166 valence electrons. The van der Waals surface area contributed by atoms with E-state index in [0.717, 1.165) is 43.7 Å². The van der Waals surface area contributed by atoms with Gasteiger partial charge in [0.2, 0.25) is 5.13 Å². The van der Waals surface area contributed by atoms with Gasteiger partial charge in [-0.25, -0.2) is 4.39 Å². The maximum Gasteiger partial charge on any atom is 0.293 e. The van der Waals surface area contributed by atoms with Gasteiger partial charge in [-0.05, 0) is 43.0 Å². The molecule has 8 nitrogen and oxygen atoms in total. The van der Waals surface area contributed by atoms with Crippen molar-refractivity contribution in [2.45, 2.75) is 29.4 Å². The Kier molecular flexibility index (Phi) is 6.96. The molecule has 1 saturated heterocycles. The third kappa shape index (κ3) is 5.22. The molecule has 3 aromatic rings. The molecular weight excluding hydrogens is 453 g/mol. The van der Waals surface area contributed by atoms with Crippen LogP contribution in [0.4, 0.5) is 20.9 Å². The van der Waals surface area contributed by atoms with Crippen LogP contribution in [0, 0.1) is 15.9 Å². The minimum Gasteiger partial charge on any atom is -0.366 e. The number of halogens is 1. The normalized spacial score (nSPS) is 13.7. The van der Waals surface area contributed by atoms with Gasteiger partial charge in [-0.2, -0.15) is 0 Å². The predicted molar refractivity (Wildman–Crippen MR) is 123 cm³/mol. The SMILES string of the molecule is O=C(Nc1nnc(SCc2ccccc2F)s1)c1ccc(N2CCCCC2)c([N+](=O)[O-])c1. The first-order chi connectivity index (χ1) is 15.5. The molecule has 2 heterocycles. The van der Waals surface area contributed by atoms with E-state index in [9.17, 15) is 19.3 Å². The molecule has 1 N–H and O–H groups in total. The number of nitrogens with zero attached hydrogens (tertiary/aromatic N) is 4. The van der Waals surface area contributed by atoms with Gasteiger partial charge in [-0.1, -0.05) is 41.3 Å². The van der Waals surface area contributed by atoms with Gasteiger partial charge in [0.25, 0.3) is 11.6 Å². The summed E-state index contributed by atoms with van der Waals surface area (Å²) in [6, 6.07) is 11.0. The Bertz CT molecular complexity index is 1130. The van der Waals surface area contributed by atoms with Gasteiger partial charge in [0, 0.05) is 30.5 Å². The van der Waals surface area contributed by atoms with Gasteiger partial charge in [0.05, 0.1) is 4.92 Å². The lowest BCUT2D eigenvalue weighted by Crippen LogP contribution is -2.30. The molecule has 0 saturated carbocycles. The van der Waals surface area contributed by atoms with E-state index in [1.54, 1.807) is 30.3 Å². The number of nitro benzene ring substituents is 1. The van der Waals surface area contributed by atoms with Crippen molar-refractivity contribution in [1.29, 1.82) is 0 Å². The minimum atomic E-state index is -0.500. The Labute approximate surface area is 192 Å². The highest BCUT2D eigenvalue weighted by Gasteiger charge is 2.23. The van der Waals surface area contributed by atoms with Crippen LogP contribution in [0.15, 0.2) is 46.8 Å². The number of hydrogen-bond acceptors (Lipinski definition) is 8. The quantitative estimate of drug-likeness (QED) is 0.220. The molecule has 1 aromatic heterocycles. The zero-order chi connectivity index (χ0) is 22.5. The molecule has 0 radical (unpaired) electrons. The standard InChI is InChI=1S/C21H20FN5O3S2/c22-16-7-3-2-6-15(16)13-31-21-25-24-20(32-21)23-19(28)14-8-9-17(18(12-14)27(29)30)26-10-4-1-5-11-26/h2-3,6-9,12H,1,4-5,10-11,13H2,(H,23,24,28). The van der Waals surface area contributed by atoms with Gasteiger partial charge < -0.3 is 4.90 Å². The first-order valence-corrected chi connectivity index (χ1v) is 11.9. The lowest BCUT2D eigenvalue weighted by Gasteiger charge is -2.28. The summed E-state index contributed by atoms with van der Waals surface area (Å²) < 4.78 is 14.3. The topological polar surface area (TPSA) is 101 Å². The molecule has 1 fully saturated rings.